The first-order chi connectivity index (χ1) is 29.9. The van der Waals surface area contributed by atoms with Gasteiger partial charge in [0.25, 0.3) is 11.8 Å². The quantitative estimate of drug-likeness (QED) is 0.0233. The maximum atomic E-state index is 14.5. The van der Waals surface area contributed by atoms with Gasteiger partial charge in [-0.1, -0.05) is 108 Å². The Balaban J connectivity index is 1.07. The number of carbonyl (C=O) groups is 3. The first-order valence-corrected chi connectivity index (χ1v) is 22.3. The molecular weight excluding hydrogens is 833 g/mol. The molecule has 1 saturated heterocycles. The van der Waals surface area contributed by atoms with Gasteiger partial charge in [0, 0.05) is 33.6 Å². The van der Waals surface area contributed by atoms with E-state index in [1.54, 1.807) is 42.6 Å². The van der Waals surface area contributed by atoms with Gasteiger partial charge >= 0.3 is 5.97 Å². The predicted molar refractivity (Wildman–Crippen MR) is 235 cm³/mol. The number of nitrogen functional groups attached to an aromatic ring is 1. The molecule has 4 heterocycles. The first-order valence-electron chi connectivity index (χ1n) is 19.2. The van der Waals surface area contributed by atoms with Crippen LogP contribution in [0.5, 0.6) is 5.75 Å². The van der Waals surface area contributed by atoms with Crippen molar-refractivity contribution < 1.29 is 28.7 Å². The average Bonchev–Trinajstić information content (AvgIpc) is 4.00. The zero-order chi connectivity index (χ0) is 42.2. The second kappa shape index (κ2) is 18.9. The van der Waals surface area contributed by atoms with Gasteiger partial charge in [0.1, 0.15) is 35.2 Å². The van der Waals surface area contributed by atoms with Gasteiger partial charge in [-0.05, 0) is 35.4 Å². The van der Waals surface area contributed by atoms with E-state index >= 15 is 0 Å². The number of nitrogens with zero attached hydrogens (tertiary/aromatic N) is 5. The van der Waals surface area contributed by atoms with Crippen LogP contribution in [0.4, 0.5) is 5.13 Å². The van der Waals surface area contributed by atoms with Crippen LogP contribution in [-0.2, 0) is 41.9 Å². The summed E-state index contributed by atoms with van der Waals surface area (Å²) in [5.74, 6) is 0.638. The van der Waals surface area contributed by atoms with Crippen molar-refractivity contribution in [2.75, 3.05) is 24.3 Å². The standard InChI is InChI=1S/C44H40N8O6S3/c1-56-34-19-17-28(18-20-34)24-57-42(55)38-29(21-22-59-26-33-23-46-51-49-33)25-60-41-37(40(54)52(38)41)48-39(53)36(35-27-61-43(45)47-35)50-58-44(30-11-5-2-6-12-30,31-13-7-3-8-14-31)32-15-9-4-10-16-32/h2-20,23,27,37,41H,21-22,24-26H2,1H3,(H2,45,47)(H,48,53)(H,46,49,51)/b50-36-/t37-,41-/m1/s1. The molecule has 2 aromatic heterocycles. The van der Waals surface area contributed by atoms with Crippen molar-refractivity contribution in [3.05, 3.63) is 172 Å². The summed E-state index contributed by atoms with van der Waals surface area (Å²) in [6.45, 7) is -0.00640. The number of aromatic amines is 1. The topological polar surface area (TPSA) is 187 Å². The molecule has 8 rings (SSSR count). The van der Waals surface area contributed by atoms with Gasteiger partial charge in [-0.3, -0.25) is 14.5 Å². The molecule has 2 aliphatic heterocycles. The van der Waals surface area contributed by atoms with E-state index in [4.69, 9.17) is 20.0 Å². The molecule has 0 bridgehead atoms. The van der Waals surface area contributed by atoms with Crippen molar-refractivity contribution in [1.29, 1.82) is 0 Å². The summed E-state index contributed by atoms with van der Waals surface area (Å²) in [5.41, 5.74) is 9.62. The molecule has 0 aliphatic carbocycles. The zero-order valence-corrected chi connectivity index (χ0v) is 35.3. The SMILES string of the molecule is COc1ccc(COC(=O)C2=C(CCSCc3cn[nH]n3)CS[C@@H]3[C@H](NC(=O)/C(=N\OC(c4ccccc4)(c4ccccc4)c4ccccc4)c4csc(N)n4)C(=O)N23)cc1. The van der Waals surface area contributed by atoms with E-state index in [1.807, 2.05) is 103 Å². The Morgan fingerprint density at radius 2 is 1.62 bits per heavy atom. The van der Waals surface area contributed by atoms with E-state index in [9.17, 15) is 14.4 Å². The van der Waals surface area contributed by atoms with Crippen molar-refractivity contribution in [3.63, 3.8) is 0 Å². The van der Waals surface area contributed by atoms with Crippen LogP contribution in [0.2, 0.25) is 0 Å². The molecular formula is C44H40N8O6S3. The van der Waals surface area contributed by atoms with Crippen LogP contribution in [-0.4, -0.2) is 78.8 Å². The highest BCUT2D eigenvalue weighted by atomic mass is 32.2. The molecule has 2 amide bonds. The number of fused-ring (bicyclic) bond motifs is 1. The van der Waals surface area contributed by atoms with Crippen LogP contribution in [0.25, 0.3) is 0 Å². The summed E-state index contributed by atoms with van der Waals surface area (Å²) in [7, 11) is 1.58. The molecule has 4 aromatic carbocycles. The Morgan fingerprint density at radius 1 is 0.967 bits per heavy atom. The first kappa shape index (κ1) is 41.3. The molecule has 0 unspecified atom stereocenters. The van der Waals surface area contributed by atoms with Crippen LogP contribution >= 0.6 is 34.9 Å². The van der Waals surface area contributed by atoms with E-state index in [0.717, 1.165) is 44.9 Å². The van der Waals surface area contributed by atoms with E-state index in [-0.39, 0.29) is 28.8 Å². The number of rotatable bonds is 17. The normalized spacial score (nSPS) is 16.4. The van der Waals surface area contributed by atoms with Crippen LogP contribution in [0, 0.1) is 0 Å². The number of hydrogen-bond acceptors (Lipinski definition) is 14. The van der Waals surface area contributed by atoms with E-state index < -0.39 is 34.8 Å². The minimum atomic E-state index is -1.30. The summed E-state index contributed by atoms with van der Waals surface area (Å²) >= 11 is 4.24. The molecule has 0 spiro atoms. The van der Waals surface area contributed by atoms with Gasteiger partial charge in [-0.15, -0.1) is 23.1 Å². The van der Waals surface area contributed by atoms with Crippen molar-refractivity contribution in [2.45, 2.75) is 35.8 Å². The lowest BCUT2D eigenvalue weighted by molar-refractivity contribution is -0.153. The summed E-state index contributed by atoms with van der Waals surface area (Å²) in [6.07, 6.45) is 2.20. The maximum Gasteiger partial charge on any atom is 0.355 e. The predicted octanol–water partition coefficient (Wildman–Crippen LogP) is 6.29. The average molecular weight is 873 g/mol. The molecule has 0 radical (unpaired) electrons. The van der Waals surface area contributed by atoms with Crippen molar-refractivity contribution in [1.82, 2.24) is 30.6 Å². The minimum Gasteiger partial charge on any atom is -0.497 e. The summed E-state index contributed by atoms with van der Waals surface area (Å²) < 4.78 is 11.1. The highest BCUT2D eigenvalue weighted by Gasteiger charge is 2.55. The highest BCUT2D eigenvalue weighted by molar-refractivity contribution is 8.00. The summed E-state index contributed by atoms with van der Waals surface area (Å²) in [4.78, 5) is 55.1. The van der Waals surface area contributed by atoms with Gasteiger partial charge in [-0.25, -0.2) is 9.78 Å². The number of nitrogens with two attached hydrogens (primary N) is 1. The Bertz CT molecular complexity index is 2420. The van der Waals surface area contributed by atoms with Crippen molar-refractivity contribution >= 4 is 63.5 Å². The van der Waals surface area contributed by atoms with Gasteiger partial charge < -0.3 is 25.4 Å². The second-order valence-electron chi connectivity index (χ2n) is 13.9. The Hall–Kier alpha value is -6.43. The second-order valence-corrected chi connectivity index (χ2v) is 17.0. The largest absolute Gasteiger partial charge is 0.497 e. The summed E-state index contributed by atoms with van der Waals surface area (Å²) in [6, 6.07) is 35.0. The number of amides is 2. The molecule has 4 N–H and O–H groups in total. The third kappa shape index (κ3) is 8.89. The monoisotopic (exact) mass is 872 g/mol. The van der Waals surface area contributed by atoms with E-state index in [1.165, 1.54) is 16.7 Å². The molecule has 2 atom stereocenters. The molecule has 6 aromatic rings. The third-order valence-electron chi connectivity index (χ3n) is 10.1. The number of β-lactam (4-membered cyclic amide) rings is 1. The van der Waals surface area contributed by atoms with E-state index in [2.05, 4.69) is 30.9 Å². The fraction of sp³-hybridized carbons (Fsp3) is 0.205. The van der Waals surface area contributed by atoms with Gasteiger partial charge in [0.15, 0.2) is 10.8 Å². The Kier molecular flexibility index (Phi) is 12.8. The number of hydrogen-bond donors (Lipinski definition) is 3. The fourth-order valence-corrected chi connectivity index (χ4v) is 9.89. The lowest BCUT2D eigenvalue weighted by atomic mass is 9.80. The minimum absolute atomic E-state index is 0.00640. The molecule has 310 valence electrons. The lowest BCUT2D eigenvalue weighted by Gasteiger charge is -2.49. The molecule has 2 aliphatic rings. The highest BCUT2D eigenvalue weighted by Crippen LogP contribution is 2.43. The van der Waals surface area contributed by atoms with Crippen LogP contribution in [0.1, 0.15) is 40.1 Å². The maximum absolute atomic E-state index is 14.5. The third-order valence-corrected chi connectivity index (χ3v) is 13.1. The molecule has 61 heavy (non-hydrogen) atoms. The summed E-state index contributed by atoms with van der Waals surface area (Å²) in [5, 5.41) is 19.3. The molecule has 1 fully saturated rings. The number of benzene rings is 4. The number of carbonyl (C=O) groups excluding carboxylic acids is 3. The number of thiazole rings is 1. The number of anilines is 1. The number of methoxy groups -OCH3 is 1. The smallest absolute Gasteiger partial charge is 0.355 e. The fourth-order valence-electron chi connectivity index (χ4n) is 7.07. The number of esters is 1. The van der Waals surface area contributed by atoms with Gasteiger partial charge in [0.2, 0.25) is 5.60 Å². The van der Waals surface area contributed by atoms with E-state index in [0.29, 0.717) is 29.4 Å². The number of ether oxygens (including phenoxy) is 2. The van der Waals surface area contributed by atoms with Gasteiger partial charge in [-0.2, -0.15) is 27.2 Å². The molecule has 14 nitrogen and oxygen atoms in total. The van der Waals surface area contributed by atoms with Gasteiger partial charge in [0.05, 0.1) is 19.0 Å². The molecule has 17 heteroatoms. The number of aromatic nitrogens is 4. The van der Waals surface area contributed by atoms with Crippen molar-refractivity contribution in [3.8, 4) is 5.75 Å². The van der Waals surface area contributed by atoms with Crippen LogP contribution < -0.4 is 15.8 Å². The number of oxime groups is 1. The molecule has 0 saturated carbocycles. The number of nitrogens with one attached hydrogen (secondary N) is 2. The lowest BCUT2D eigenvalue weighted by Crippen LogP contribution is -2.71. The Morgan fingerprint density at radius 3 is 2.20 bits per heavy atom. The Labute approximate surface area is 364 Å². The number of H-pyrrole nitrogens is 1. The van der Waals surface area contributed by atoms with Crippen LogP contribution in [0.3, 0.4) is 0 Å². The zero-order valence-electron chi connectivity index (χ0n) is 32.8. The van der Waals surface area contributed by atoms with Crippen LogP contribution in [0.15, 0.2) is 143 Å². The number of thioether (sulfide) groups is 2. The van der Waals surface area contributed by atoms with Crippen molar-refractivity contribution in [2.24, 2.45) is 5.16 Å².